The lowest BCUT2D eigenvalue weighted by atomic mass is 10.1. The predicted octanol–water partition coefficient (Wildman–Crippen LogP) is 2.38. The molecular weight excluding hydrogens is 360 g/mol. The van der Waals surface area contributed by atoms with Crippen molar-refractivity contribution in [1.29, 1.82) is 0 Å². The summed E-state index contributed by atoms with van der Waals surface area (Å²) >= 11 is 0. The SMILES string of the molecule is COc1ccc(OC)c(NC(=O)[C@@H]2COCC(=O)N2Cc2ccc(C)cc2)c1. The zero-order valence-corrected chi connectivity index (χ0v) is 16.2. The number of anilines is 1. The number of hydrogen-bond donors (Lipinski definition) is 1. The van der Waals surface area contributed by atoms with Gasteiger partial charge in [-0.25, -0.2) is 0 Å². The van der Waals surface area contributed by atoms with E-state index in [-0.39, 0.29) is 25.0 Å². The minimum atomic E-state index is -0.738. The van der Waals surface area contributed by atoms with Crippen molar-refractivity contribution in [3.8, 4) is 11.5 Å². The standard InChI is InChI=1S/C21H24N2O5/c1-14-4-6-15(7-5-14)11-23-18(12-28-13-20(23)24)21(25)22-17-10-16(26-2)8-9-19(17)27-3/h4-10,18H,11-13H2,1-3H3,(H,22,25)/t18-/m0/s1. The van der Waals surface area contributed by atoms with Crippen LogP contribution in [0.4, 0.5) is 5.69 Å². The molecule has 28 heavy (non-hydrogen) atoms. The van der Waals surface area contributed by atoms with Gasteiger partial charge < -0.3 is 24.4 Å². The Kier molecular flexibility index (Phi) is 6.16. The monoisotopic (exact) mass is 384 g/mol. The summed E-state index contributed by atoms with van der Waals surface area (Å²) in [5, 5.41) is 2.83. The third-order valence-electron chi connectivity index (χ3n) is 4.64. The van der Waals surface area contributed by atoms with E-state index in [1.807, 2.05) is 31.2 Å². The third kappa shape index (κ3) is 4.43. The molecule has 3 rings (SSSR count). The molecule has 1 aliphatic heterocycles. The number of nitrogens with one attached hydrogen (secondary N) is 1. The van der Waals surface area contributed by atoms with Crippen molar-refractivity contribution in [1.82, 2.24) is 4.90 Å². The van der Waals surface area contributed by atoms with Crippen LogP contribution in [0, 0.1) is 6.92 Å². The number of ether oxygens (including phenoxy) is 3. The summed E-state index contributed by atoms with van der Waals surface area (Å²) in [5.41, 5.74) is 2.56. The second-order valence-corrected chi connectivity index (χ2v) is 6.59. The van der Waals surface area contributed by atoms with Crippen LogP contribution in [0.1, 0.15) is 11.1 Å². The molecule has 1 N–H and O–H groups in total. The Balaban J connectivity index is 1.80. The molecule has 1 heterocycles. The maximum Gasteiger partial charge on any atom is 0.249 e. The molecule has 0 aromatic heterocycles. The summed E-state index contributed by atoms with van der Waals surface area (Å²) in [5.74, 6) is 0.530. The number of nitrogens with zero attached hydrogens (tertiary/aromatic N) is 1. The molecule has 7 heteroatoms. The molecule has 0 unspecified atom stereocenters. The van der Waals surface area contributed by atoms with Gasteiger partial charge in [-0.3, -0.25) is 9.59 Å². The Morgan fingerprint density at radius 3 is 2.61 bits per heavy atom. The van der Waals surface area contributed by atoms with E-state index in [4.69, 9.17) is 14.2 Å². The van der Waals surface area contributed by atoms with Crippen LogP contribution in [0.25, 0.3) is 0 Å². The first-order valence-electron chi connectivity index (χ1n) is 8.97. The zero-order chi connectivity index (χ0) is 20.1. The van der Waals surface area contributed by atoms with Crippen LogP contribution in [0.5, 0.6) is 11.5 Å². The number of morpholine rings is 1. The van der Waals surface area contributed by atoms with E-state index in [1.54, 1.807) is 30.2 Å². The molecule has 0 radical (unpaired) electrons. The third-order valence-corrected chi connectivity index (χ3v) is 4.64. The van der Waals surface area contributed by atoms with Crippen molar-refractivity contribution >= 4 is 17.5 Å². The van der Waals surface area contributed by atoms with Gasteiger partial charge in [-0.05, 0) is 24.6 Å². The molecule has 2 amide bonds. The van der Waals surface area contributed by atoms with E-state index in [2.05, 4.69) is 5.32 Å². The minimum absolute atomic E-state index is 0.0296. The maximum atomic E-state index is 13.0. The van der Waals surface area contributed by atoms with Gasteiger partial charge in [0.25, 0.3) is 0 Å². The molecule has 0 spiro atoms. The number of methoxy groups -OCH3 is 2. The second-order valence-electron chi connectivity index (χ2n) is 6.59. The van der Waals surface area contributed by atoms with Gasteiger partial charge in [0.05, 0.1) is 26.5 Å². The van der Waals surface area contributed by atoms with Crippen molar-refractivity contribution in [2.24, 2.45) is 0 Å². The highest BCUT2D eigenvalue weighted by Crippen LogP contribution is 2.29. The average molecular weight is 384 g/mol. The summed E-state index contributed by atoms with van der Waals surface area (Å²) in [4.78, 5) is 26.9. The van der Waals surface area contributed by atoms with Gasteiger partial charge in [0.15, 0.2) is 0 Å². The fourth-order valence-electron chi connectivity index (χ4n) is 3.04. The maximum absolute atomic E-state index is 13.0. The quantitative estimate of drug-likeness (QED) is 0.828. The Morgan fingerprint density at radius 2 is 1.93 bits per heavy atom. The van der Waals surface area contributed by atoms with Crippen molar-refractivity contribution in [3.63, 3.8) is 0 Å². The van der Waals surface area contributed by atoms with E-state index >= 15 is 0 Å². The first kappa shape index (κ1) is 19.7. The van der Waals surface area contributed by atoms with Gasteiger partial charge in [-0.2, -0.15) is 0 Å². The molecule has 2 aromatic rings. The topological polar surface area (TPSA) is 77.1 Å². The van der Waals surface area contributed by atoms with Gasteiger partial charge in [0, 0.05) is 12.6 Å². The van der Waals surface area contributed by atoms with E-state index in [9.17, 15) is 9.59 Å². The number of benzene rings is 2. The number of aryl methyl sites for hydroxylation is 1. The van der Waals surface area contributed by atoms with Gasteiger partial charge in [0.2, 0.25) is 11.8 Å². The number of carbonyl (C=O) groups excluding carboxylic acids is 2. The fourth-order valence-corrected chi connectivity index (χ4v) is 3.04. The largest absolute Gasteiger partial charge is 0.497 e. The molecule has 1 fully saturated rings. The van der Waals surface area contributed by atoms with Gasteiger partial charge >= 0.3 is 0 Å². The van der Waals surface area contributed by atoms with Crippen LogP contribution in [-0.4, -0.2) is 50.2 Å². The van der Waals surface area contributed by atoms with Crippen LogP contribution >= 0.6 is 0 Å². The molecule has 1 aliphatic rings. The lowest BCUT2D eigenvalue weighted by Gasteiger charge is -2.34. The molecule has 0 aliphatic carbocycles. The lowest BCUT2D eigenvalue weighted by molar-refractivity contribution is -0.154. The Hall–Kier alpha value is -3.06. The van der Waals surface area contributed by atoms with Crippen molar-refractivity contribution in [3.05, 3.63) is 53.6 Å². The Bertz CT molecular complexity index is 850. The molecule has 7 nitrogen and oxygen atoms in total. The fraction of sp³-hybridized carbons (Fsp3) is 0.333. The first-order chi connectivity index (χ1) is 13.5. The first-order valence-corrected chi connectivity index (χ1v) is 8.97. The molecule has 0 bridgehead atoms. The number of carbonyl (C=O) groups is 2. The van der Waals surface area contributed by atoms with Crippen LogP contribution < -0.4 is 14.8 Å². The van der Waals surface area contributed by atoms with Gasteiger partial charge in [-0.15, -0.1) is 0 Å². The van der Waals surface area contributed by atoms with Crippen LogP contribution in [0.2, 0.25) is 0 Å². The zero-order valence-electron chi connectivity index (χ0n) is 16.2. The average Bonchev–Trinajstić information content (AvgIpc) is 2.70. The smallest absolute Gasteiger partial charge is 0.249 e. The van der Waals surface area contributed by atoms with Crippen molar-refractivity contribution in [2.75, 3.05) is 32.8 Å². The summed E-state index contributed by atoms with van der Waals surface area (Å²) in [6, 6.07) is 12.3. The Morgan fingerprint density at radius 1 is 1.18 bits per heavy atom. The summed E-state index contributed by atoms with van der Waals surface area (Å²) < 4.78 is 15.9. The predicted molar refractivity (Wildman–Crippen MR) is 105 cm³/mol. The lowest BCUT2D eigenvalue weighted by Crippen LogP contribution is -2.54. The van der Waals surface area contributed by atoms with Crippen LogP contribution in [-0.2, 0) is 20.9 Å². The number of rotatable bonds is 6. The number of amides is 2. The van der Waals surface area contributed by atoms with Gasteiger partial charge in [0.1, 0.15) is 24.1 Å². The summed E-state index contributed by atoms with van der Waals surface area (Å²) in [6.07, 6.45) is 0. The van der Waals surface area contributed by atoms with E-state index in [0.29, 0.717) is 23.7 Å². The summed E-state index contributed by atoms with van der Waals surface area (Å²) in [7, 11) is 3.07. The van der Waals surface area contributed by atoms with Crippen LogP contribution in [0.15, 0.2) is 42.5 Å². The van der Waals surface area contributed by atoms with E-state index in [1.165, 1.54) is 7.11 Å². The van der Waals surface area contributed by atoms with Crippen molar-refractivity contribution in [2.45, 2.75) is 19.5 Å². The minimum Gasteiger partial charge on any atom is -0.497 e. The molecular formula is C21H24N2O5. The highest BCUT2D eigenvalue weighted by molar-refractivity contribution is 5.99. The normalized spacial score (nSPS) is 16.6. The molecule has 1 saturated heterocycles. The molecule has 1 atom stereocenters. The highest BCUT2D eigenvalue weighted by Gasteiger charge is 2.34. The second kappa shape index (κ2) is 8.75. The van der Waals surface area contributed by atoms with Crippen LogP contribution in [0.3, 0.4) is 0 Å². The van der Waals surface area contributed by atoms with E-state index < -0.39 is 6.04 Å². The van der Waals surface area contributed by atoms with E-state index in [0.717, 1.165) is 11.1 Å². The highest BCUT2D eigenvalue weighted by atomic mass is 16.5. The molecule has 148 valence electrons. The van der Waals surface area contributed by atoms with Crippen molar-refractivity contribution < 1.29 is 23.8 Å². The number of hydrogen-bond acceptors (Lipinski definition) is 5. The molecule has 2 aromatic carbocycles. The summed E-state index contributed by atoms with van der Waals surface area (Å²) in [6.45, 7) is 2.45. The Labute approximate surface area is 164 Å². The molecule has 0 saturated carbocycles. The van der Waals surface area contributed by atoms with Gasteiger partial charge in [-0.1, -0.05) is 29.8 Å².